The lowest BCUT2D eigenvalue weighted by atomic mass is 9.72. The molecule has 3 aromatic carbocycles. The molecule has 162 valence electrons. The topological polar surface area (TPSA) is 76.1 Å². The van der Waals surface area contributed by atoms with Crippen molar-refractivity contribution in [1.82, 2.24) is 4.90 Å². The second-order valence-electron chi connectivity index (χ2n) is 8.14. The van der Waals surface area contributed by atoms with Gasteiger partial charge in [-0.1, -0.05) is 48.5 Å². The molecule has 0 saturated heterocycles. The third-order valence-electron chi connectivity index (χ3n) is 6.43. The standard InChI is InChI=1S/C26H23NO5/c1-31-22-13-18-11-12-27-24(28)20-10-6-5-9-19(20)15-26(27,25(29)30)21(18)14-23(22)32-16-17-7-3-2-4-8-17/h2-10,13-14H,11-12,15-16H2,1H3,(H,29,30). The van der Waals surface area contributed by atoms with Crippen molar-refractivity contribution in [3.8, 4) is 11.5 Å². The van der Waals surface area contributed by atoms with Gasteiger partial charge < -0.3 is 19.5 Å². The van der Waals surface area contributed by atoms with Gasteiger partial charge in [-0.25, -0.2) is 4.79 Å². The number of nitrogens with zero attached hydrogens (tertiary/aromatic N) is 1. The molecule has 32 heavy (non-hydrogen) atoms. The smallest absolute Gasteiger partial charge is 0.334 e. The Labute approximate surface area is 186 Å². The van der Waals surface area contributed by atoms with Crippen LogP contribution in [-0.4, -0.2) is 35.5 Å². The van der Waals surface area contributed by atoms with E-state index in [0.717, 1.165) is 16.7 Å². The van der Waals surface area contributed by atoms with Crippen LogP contribution in [0.2, 0.25) is 0 Å². The number of carboxylic acid groups (broad SMARTS) is 1. The molecule has 1 atom stereocenters. The normalized spacial score (nSPS) is 18.9. The molecule has 1 amide bonds. The number of carbonyl (C=O) groups excluding carboxylic acids is 1. The van der Waals surface area contributed by atoms with Crippen LogP contribution in [0.4, 0.5) is 0 Å². The fraction of sp³-hybridized carbons (Fsp3) is 0.231. The fourth-order valence-electron chi connectivity index (χ4n) is 4.85. The van der Waals surface area contributed by atoms with Crippen molar-refractivity contribution in [2.75, 3.05) is 13.7 Å². The number of aliphatic carboxylic acids is 1. The zero-order chi connectivity index (χ0) is 22.3. The Kier molecular flexibility index (Phi) is 4.85. The van der Waals surface area contributed by atoms with Crippen LogP contribution in [-0.2, 0) is 29.8 Å². The van der Waals surface area contributed by atoms with E-state index < -0.39 is 11.5 Å². The predicted octanol–water partition coefficient (Wildman–Crippen LogP) is 3.81. The molecule has 0 bridgehead atoms. The lowest BCUT2D eigenvalue weighted by molar-refractivity contribution is -0.151. The van der Waals surface area contributed by atoms with Gasteiger partial charge >= 0.3 is 5.97 Å². The fourth-order valence-corrected chi connectivity index (χ4v) is 4.85. The Morgan fingerprint density at radius 2 is 1.78 bits per heavy atom. The summed E-state index contributed by atoms with van der Waals surface area (Å²) in [4.78, 5) is 27.6. The van der Waals surface area contributed by atoms with Crippen molar-refractivity contribution in [3.05, 3.63) is 94.5 Å². The molecule has 1 N–H and O–H groups in total. The maximum absolute atomic E-state index is 13.3. The highest BCUT2D eigenvalue weighted by Gasteiger charge is 2.54. The second-order valence-corrected chi connectivity index (χ2v) is 8.14. The summed E-state index contributed by atoms with van der Waals surface area (Å²) >= 11 is 0. The number of hydrogen-bond donors (Lipinski definition) is 1. The summed E-state index contributed by atoms with van der Waals surface area (Å²) < 4.78 is 11.6. The van der Waals surface area contributed by atoms with E-state index in [4.69, 9.17) is 9.47 Å². The molecule has 6 nitrogen and oxygen atoms in total. The highest BCUT2D eigenvalue weighted by molar-refractivity contribution is 6.02. The number of benzene rings is 3. The van der Waals surface area contributed by atoms with Gasteiger partial charge in [0.2, 0.25) is 0 Å². The Bertz CT molecular complexity index is 1210. The molecule has 6 heteroatoms. The molecular formula is C26H23NO5. The zero-order valence-electron chi connectivity index (χ0n) is 17.7. The Hall–Kier alpha value is -3.80. The molecule has 0 radical (unpaired) electrons. The SMILES string of the molecule is COc1cc2c(cc1OCc1ccccc1)C1(C(=O)O)Cc3ccccc3C(=O)N1CC2. The van der Waals surface area contributed by atoms with Crippen LogP contribution >= 0.6 is 0 Å². The number of rotatable bonds is 5. The first-order valence-corrected chi connectivity index (χ1v) is 10.6. The number of ether oxygens (including phenoxy) is 2. The monoisotopic (exact) mass is 429 g/mol. The molecule has 0 spiro atoms. The van der Waals surface area contributed by atoms with E-state index in [9.17, 15) is 14.7 Å². The van der Waals surface area contributed by atoms with Gasteiger partial charge in [-0.2, -0.15) is 0 Å². The van der Waals surface area contributed by atoms with Gasteiger partial charge in [0.15, 0.2) is 17.0 Å². The van der Waals surface area contributed by atoms with E-state index >= 15 is 0 Å². The largest absolute Gasteiger partial charge is 0.493 e. The molecule has 0 fully saturated rings. The van der Waals surface area contributed by atoms with Crippen molar-refractivity contribution >= 4 is 11.9 Å². The van der Waals surface area contributed by atoms with E-state index in [1.54, 1.807) is 19.2 Å². The van der Waals surface area contributed by atoms with Crippen LogP contribution in [0, 0.1) is 0 Å². The number of hydrogen-bond acceptors (Lipinski definition) is 4. The molecule has 1 unspecified atom stereocenters. The lowest BCUT2D eigenvalue weighted by Crippen LogP contribution is -2.61. The average molecular weight is 429 g/mol. The van der Waals surface area contributed by atoms with Crippen molar-refractivity contribution in [2.45, 2.75) is 25.0 Å². The van der Waals surface area contributed by atoms with Gasteiger partial charge in [0, 0.05) is 18.5 Å². The van der Waals surface area contributed by atoms with Gasteiger partial charge in [0.25, 0.3) is 5.91 Å². The Morgan fingerprint density at radius 3 is 2.53 bits per heavy atom. The molecule has 2 aliphatic heterocycles. The van der Waals surface area contributed by atoms with E-state index in [-0.39, 0.29) is 12.3 Å². The third kappa shape index (κ3) is 3.02. The number of amides is 1. The number of fused-ring (bicyclic) bond motifs is 4. The summed E-state index contributed by atoms with van der Waals surface area (Å²) in [5, 5.41) is 10.5. The minimum atomic E-state index is -1.48. The van der Waals surface area contributed by atoms with Gasteiger partial charge in [-0.15, -0.1) is 0 Å². The highest BCUT2D eigenvalue weighted by atomic mass is 16.5. The number of carboxylic acids is 1. The van der Waals surface area contributed by atoms with Gasteiger partial charge in [-0.05, 0) is 46.9 Å². The Balaban J connectivity index is 1.62. The van der Waals surface area contributed by atoms with E-state index in [0.29, 0.717) is 42.2 Å². The molecule has 2 aliphatic rings. The lowest BCUT2D eigenvalue weighted by Gasteiger charge is -2.48. The quantitative estimate of drug-likeness (QED) is 0.668. The molecule has 0 aliphatic carbocycles. The maximum Gasteiger partial charge on any atom is 0.334 e. The summed E-state index contributed by atoms with van der Waals surface area (Å²) in [6.45, 7) is 0.654. The molecule has 0 saturated carbocycles. The minimum absolute atomic E-state index is 0.210. The van der Waals surface area contributed by atoms with E-state index in [1.807, 2.05) is 54.6 Å². The maximum atomic E-state index is 13.3. The Morgan fingerprint density at radius 1 is 1.03 bits per heavy atom. The van der Waals surface area contributed by atoms with Crippen molar-refractivity contribution in [2.24, 2.45) is 0 Å². The van der Waals surface area contributed by atoms with Gasteiger partial charge in [0.05, 0.1) is 7.11 Å². The number of carbonyl (C=O) groups is 2. The second kappa shape index (κ2) is 7.71. The molecule has 5 rings (SSSR count). The molecular weight excluding hydrogens is 406 g/mol. The van der Waals surface area contributed by atoms with Crippen molar-refractivity contribution in [3.63, 3.8) is 0 Å². The van der Waals surface area contributed by atoms with E-state index in [1.165, 1.54) is 4.90 Å². The summed E-state index contributed by atoms with van der Waals surface area (Å²) in [5.74, 6) is -0.275. The van der Waals surface area contributed by atoms with Crippen molar-refractivity contribution < 1.29 is 24.2 Å². The summed E-state index contributed by atoms with van der Waals surface area (Å²) in [6, 6.07) is 20.6. The first kappa shape index (κ1) is 20.1. The van der Waals surface area contributed by atoms with Crippen LogP contribution in [0.3, 0.4) is 0 Å². The first-order chi connectivity index (χ1) is 15.5. The first-order valence-electron chi connectivity index (χ1n) is 10.6. The minimum Gasteiger partial charge on any atom is -0.493 e. The zero-order valence-corrected chi connectivity index (χ0v) is 17.7. The summed E-state index contributed by atoms with van der Waals surface area (Å²) in [5.41, 5.74) is 2.27. The third-order valence-corrected chi connectivity index (χ3v) is 6.43. The van der Waals surface area contributed by atoms with Crippen LogP contribution in [0.15, 0.2) is 66.7 Å². The average Bonchev–Trinajstić information content (AvgIpc) is 2.82. The molecule has 3 aromatic rings. The predicted molar refractivity (Wildman–Crippen MR) is 118 cm³/mol. The molecule has 0 aromatic heterocycles. The summed E-state index contributed by atoms with van der Waals surface area (Å²) in [6.07, 6.45) is 0.759. The van der Waals surface area contributed by atoms with Crippen LogP contribution in [0.1, 0.15) is 32.6 Å². The van der Waals surface area contributed by atoms with Crippen LogP contribution in [0.5, 0.6) is 11.5 Å². The molecule has 2 heterocycles. The highest BCUT2D eigenvalue weighted by Crippen LogP contribution is 2.46. The van der Waals surface area contributed by atoms with Gasteiger partial charge in [0.1, 0.15) is 6.61 Å². The van der Waals surface area contributed by atoms with Gasteiger partial charge in [-0.3, -0.25) is 4.79 Å². The summed E-state index contributed by atoms with van der Waals surface area (Å²) in [7, 11) is 1.57. The van der Waals surface area contributed by atoms with E-state index in [2.05, 4.69) is 0 Å². The van der Waals surface area contributed by atoms with Crippen LogP contribution in [0.25, 0.3) is 0 Å². The number of methoxy groups -OCH3 is 1. The van der Waals surface area contributed by atoms with Crippen LogP contribution < -0.4 is 9.47 Å². The van der Waals surface area contributed by atoms with Crippen molar-refractivity contribution in [1.29, 1.82) is 0 Å².